The van der Waals surface area contributed by atoms with Crippen molar-refractivity contribution < 1.29 is 4.39 Å². The van der Waals surface area contributed by atoms with Crippen LogP contribution in [0.25, 0.3) is 0 Å². The first-order chi connectivity index (χ1) is 8.70. The van der Waals surface area contributed by atoms with Crippen molar-refractivity contribution >= 4 is 11.4 Å². The maximum atomic E-state index is 12.8. The van der Waals surface area contributed by atoms with Crippen molar-refractivity contribution in [3.05, 3.63) is 59.4 Å². The number of anilines is 2. The van der Waals surface area contributed by atoms with E-state index in [1.165, 1.54) is 23.3 Å². The van der Waals surface area contributed by atoms with Crippen LogP contribution in [0.4, 0.5) is 15.8 Å². The molecular formula is C15H15FN2. The molecule has 18 heavy (non-hydrogen) atoms. The molecule has 0 radical (unpaired) electrons. The highest BCUT2D eigenvalue weighted by molar-refractivity contribution is 5.61. The lowest BCUT2D eigenvalue weighted by Gasteiger charge is -2.08. The number of hydrogen-bond donors (Lipinski definition) is 1. The molecule has 0 aliphatic carbocycles. The Bertz CT molecular complexity index is 563. The summed E-state index contributed by atoms with van der Waals surface area (Å²) in [7, 11) is 2.12. The maximum absolute atomic E-state index is 12.8. The average Bonchev–Trinajstić information content (AvgIpc) is 2.71. The van der Waals surface area contributed by atoms with E-state index in [1.807, 2.05) is 0 Å². The largest absolute Gasteiger partial charge is 0.356 e. The van der Waals surface area contributed by atoms with Gasteiger partial charge in [0.25, 0.3) is 0 Å². The quantitative estimate of drug-likeness (QED) is 0.866. The van der Waals surface area contributed by atoms with Gasteiger partial charge in [0, 0.05) is 24.5 Å². The molecule has 0 atom stereocenters. The van der Waals surface area contributed by atoms with Crippen LogP contribution in [0.2, 0.25) is 0 Å². The van der Waals surface area contributed by atoms with Gasteiger partial charge in [-0.15, -0.1) is 0 Å². The van der Waals surface area contributed by atoms with Gasteiger partial charge in [0.2, 0.25) is 0 Å². The third-order valence-electron chi connectivity index (χ3n) is 3.22. The van der Waals surface area contributed by atoms with Gasteiger partial charge in [-0.3, -0.25) is 4.90 Å². The van der Waals surface area contributed by atoms with Crippen LogP contribution in [0.3, 0.4) is 0 Å². The number of benzene rings is 2. The monoisotopic (exact) mass is 242 g/mol. The van der Waals surface area contributed by atoms with Gasteiger partial charge in [0.05, 0.1) is 0 Å². The van der Waals surface area contributed by atoms with Crippen molar-refractivity contribution in [3.63, 3.8) is 0 Å². The van der Waals surface area contributed by atoms with E-state index < -0.39 is 0 Å². The van der Waals surface area contributed by atoms with Gasteiger partial charge in [0.1, 0.15) is 5.82 Å². The molecule has 0 saturated carbocycles. The zero-order valence-corrected chi connectivity index (χ0v) is 10.3. The summed E-state index contributed by atoms with van der Waals surface area (Å²) in [5.41, 5.74) is 4.71. The minimum Gasteiger partial charge on any atom is -0.356 e. The first-order valence-electron chi connectivity index (χ1n) is 6.04. The lowest BCUT2D eigenvalue weighted by molar-refractivity contribution is 0.353. The van der Waals surface area contributed by atoms with Crippen molar-refractivity contribution in [3.8, 4) is 0 Å². The van der Waals surface area contributed by atoms with E-state index in [4.69, 9.17) is 0 Å². The zero-order chi connectivity index (χ0) is 12.5. The van der Waals surface area contributed by atoms with Gasteiger partial charge in [-0.1, -0.05) is 6.07 Å². The van der Waals surface area contributed by atoms with Gasteiger partial charge in [-0.2, -0.15) is 0 Å². The molecule has 0 spiro atoms. The summed E-state index contributed by atoms with van der Waals surface area (Å²) < 4.78 is 12.8. The molecule has 1 N–H and O–H groups in total. The molecule has 0 unspecified atom stereocenters. The molecule has 2 aromatic carbocycles. The molecule has 1 aliphatic heterocycles. The minimum atomic E-state index is -0.212. The van der Waals surface area contributed by atoms with E-state index in [-0.39, 0.29) is 5.82 Å². The molecule has 2 nitrogen and oxygen atoms in total. The molecule has 2 aromatic rings. The van der Waals surface area contributed by atoms with Crippen molar-refractivity contribution in [1.82, 2.24) is 4.90 Å². The van der Waals surface area contributed by atoms with Crippen molar-refractivity contribution in [2.45, 2.75) is 13.1 Å². The summed E-state index contributed by atoms with van der Waals surface area (Å²) in [5.74, 6) is -0.212. The van der Waals surface area contributed by atoms with Gasteiger partial charge >= 0.3 is 0 Å². The third-order valence-corrected chi connectivity index (χ3v) is 3.22. The SMILES string of the molecule is CN1Cc2ccc(Nc3ccc(F)cc3)cc2C1. The van der Waals surface area contributed by atoms with Crippen molar-refractivity contribution in [1.29, 1.82) is 0 Å². The van der Waals surface area contributed by atoms with Crippen LogP contribution >= 0.6 is 0 Å². The standard InChI is InChI=1S/C15H15FN2/c1-18-9-11-2-5-15(8-12(11)10-18)17-14-6-3-13(16)4-7-14/h2-8,17H,9-10H2,1H3. The van der Waals surface area contributed by atoms with Gasteiger partial charge in [0.15, 0.2) is 0 Å². The van der Waals surface area contributed by atoms with Crippen LogP contribution < -0.4 is 5.32 Å². The molecule has 3 rings (SSSR count). The van der Waals surface area contributed by atoms with Crippen molar-refractivity contribution in [2.75, 3.05) is 12.4 Å². The Hall–Kier alpha value is -1.87. The van der Waals surface area contributed by atoms with Crippen LogP contribution in [-0.4, -0.2) is 11.9 Å². The number of halogens is 1. The summed E-state index contributed by atoms with van der Waals surface area (Å²) in [4.78, 5) is 2.28. The van der Waals surface area contributed by atoms with Crippen molar-refractivity contribution in [2.24, 2.45) is 0 Å². The summed E-state index contributed by atoms with van der Waals surface area (Å²) in [6.45, 7) is 2.01. The fourth-order valence-corrected chi connectivity index (χ4v) is 2.34. The summed E-state index contributed by atoms with van der Waals surface area (Å²) in [6, 6.07) is 12.8. The predicted molar refractivity (Wildman–Crippen MR) is 71.3 cm³/mol. The van der Waals surface area contributed by atoms with Gasteiger partial charge in [-0.25, -0.2) is 4.39 Å². The molecule has 0 aromatic heterocycles. The van der Waals surface area contributed by atoms with Crippen LogP contribution in [0, 0.1) is 5.82 Å². The molecular weight excluding hydrogens is 227 g/mol. The molecule has 1 heterocycles. The first-order valence-corrected chi connectivity index (χ1v) is 6.04. The summed E-state index contributed by atoms with van der Waals surface area (Å²) in [6.07, 6.45) is 0. The number of nitrogens with zero attached hydrogens (tertiary/aromatic N) is 1. The van der Waals surface area contributed by atoms with E-state index in [9.17, 15) is 4.39 Å². The maximum Gasteiger partial charge on any atom is 0.123 e. The summed E-state index contributed by atoms with van der Waals surface area (Å²) in [5, 5.41) is 3.29. The third kappa shape index (κ3) is 2.22. The van der Waals surface area contributed by atoms with E-state index in [0.29, 0.717) is 0 Å². The van der Waals surface area contributed by atoms with Gasteiger partial charge in [-0.05, 0) is 54.6 Å². The number of nitrogens with one attached hydrogen (secondary N) is 1. The van der Waals surface area contributed by atoms with E-state index >= 15 is 0 Å². The zero-order valence-electron chi connectivity index (χ0n) is 10.3. The second kappa shape index (κ2) is 4.42. The molecule has 3 heteroatoms. The topological polar surface area (TPSA) is 15.3 Å². The first kappa shape index (κ1) is 11.2. The lowest BCUT2D eigenvalue weighted by Crippen LogP contribution is -2.07. The molecule has 1 aliphatic rings. The fraction of sp³-hybridized carbons (Fsp3) is 0.200. The highest BCUT2D eigenvalue weighted by Gasteiger charge is 2.15. The fourth-order valence-electron chi connectivity index (χ4n) is 2.34. The Morgan fingerprint density at radius 2 is 1.61 bits per heavy atom. The molecule has 0 bridgehead atoms. The highest BCUT2D eigenvalue weighted by Crippen LogP contribution is 2.26. The van der Waals surface area contributed by atoms with E-state index in [0.717, 1.165) is 24.5 Å². The second-order valence-corrected chi connectivity index (χ2v) is 4.79. The lowest BCUT2D eigenvalue weighted by atomic mass is 10.1. The molecule has 0 fully saturated rings. The Morgan fingerprint density at radius 1 is 0.944 bits per heavy atom. The second-order valence-electron chi connectivity index (χ2n) is 4.79. The average molecular weight is 242 g/mol. The number of hydrogen-bond acceptors (Lipinski definition) is 2. The highest BCUT2D eigenvalue weighted by atomic mass is 19.1. The Morgan fingerprint density at radius 3 is 2.39 bits per heavy atom. The van der Waals surface area contributed by atoms with Crippen LogP contribution in [0.5, 0.6) is 0 Å². The van der Waals surface area contributed by atoms with E-state index in [1.54, 1.807) is 12.1 Å². The van der Waals surface area contributed by atoms with Crippen LogP contribution in [-0.2, 0) is 13.1 Å². The summed E-state index contributed by atoms with van der Waals surface area (Å²) >= 11 is 0. The van der Waals surface area contributed by atoms with Crippen LogP contribution in [0.1, 0.15) is 11.1 Å². The van der Waals surface area contributed by atoms with Crippen LogP contribution in [0.15, 0.2) is 42.5 Å². The Balaban J connectivity index is 1.82. The van der Waals surface area contributed by atoms with E-state index in [2.05, 4.69) is 35.5 Å². The Labute approximate surface area is 106 Å². The predicted octanol–water partition coefficient (Wildman–Crippen LogP) is 3.51. The normalized spacial score (nSPS) is 14.6. The molecule has 92 valence electrons. The molecule has 0 saturated heterocycles. The number of fused-ring (bicyclic) bond motifs is 1. The Kier molecular flexibility index (Phi) is 2.76. The van der Waals surface area contributed by atoms with Gasteiger partial charge < -0.3 is 5.32 Å². The minimum absolute atomic E-state index is 0.212. The number of rotatable bonds is 2. The smallest absolute Gasteiger partial charge is 0.123 e. The molecule has 0 amide bonds.